The van der Waals surface area contributed by atoms with E-state index < -0.39 is 12.7 Å². The molecular weight excluding hydrogens is 217 g/mol. The molecule has 0 bridgehead atoms. The molecule has 0 aromatic heterocycles. The average Bonchev–Trinajstić information content (AvgIpc) is 2.50. The van der Waals surface area contributed by atoms with Gasteiger partial charge in [0.05, 0.1) is 0 Å². The van der Waals surface area contributed by atoms with Crippen molar-refractivity contribution >= 4 is 0 Å². The van der Waals surface area contributed by atoms with Crippen LogP contribution >= 0.6 is 0 Å². The largest absolute Gasteiger partial charge is 0.315 e. The summed E-state index contributed by atoms with van der Waals surface area (Å²) in [4.78, 5) is 3.90. The van der Waals surface area contributed by atoms with Crippen LogP contribution in [-0.2, 0) is 0 Å². The van der Waals surface area contributed by atoms with Crippen molar-refractivity contribution in [3.8, 4) is 0 Å². The van der Waals surface area contributed by atoms with E-state index in [1.54, 1.807) is 4.90 Å². The number of piperidine rings is 1. The van der Waals surface area contributed by atoms with Gasteiger partial charge in [0.25, 0.3) is 0 Å². The first-order valence-electron chi connectivity index (χ1n) is 7.77. The number of nitrogens with one attached hydrogen (secondary N) is 1. The van der Waals surface area contributed by atoms with E-state index in [0.717, 1.165) is 19.5 Å². The van der Waals surface area contributed by atoms with Crippen LogP contribution in [0.15, 0.2) is 0 Å². The van der Waals surface area contributed by atoms with E-state index in [-0.39, 0.29) is 6.04 Å². The van der Waals surface area contributed by atoms with E-state index in [2.05, 4.69) is 24.1 Å². The van der Waals surface area contributed by atoms with Crippen LogP contribution in [0.5, 0.6) is 0 Å². The minimum Gasteiger partial charge on any atom is -0.315 e. The lowest BCUT2D eigenvalue weighted by Gasteiger charge is -2.41. The number of rotatable bonds is 2. The zero-order valence-corrected chi connectivity index (χ0v) is 11.0. The predicted molar refractivity (Wildman–Crippen MR) is 69.1 cm³/mol. The molecule has 2 unspecified atom stereocenters. The van der Waals surface area contributed by atoms with Crippen molar-refractivity contribution in [1.82, 2.24) is 15.1 Å². The molecule has 2 aliphatic rings. The van der Waals surface area contributed by atoms with Crippen molar-refractivity contribution in [1.29, 1.82) is 0 Å². The van der Waals surface area contributed by atoms with Crippen LogP contribution in [0.3, 0.4) is 0 Å². The minimum atomic E-state index is -1.39. The summed E-state index contributed by atoms with van der Waals surface area (Å²) >= 11 is 0. The molecular formula is C13H26FN3. The van der Waals surface area contributed by atoms with Crippen LogP contribution in [0.2, 0.25) is 0 Å². The summed E-state index contributed by atoms with van der Waals surface area (Å²) in [5, 5.41) is 3.20. The summed E-state index contributed by atoms with van der Waals surface area (Å²) < 4.78 is 30.8. The van der Waals surface area contributed by atoms with Crippen molar-refractivity contribution in [2.24, 2.45) is 0 Å². The van der Waals surface area contributed by atoms with Gasteiger partial charge in [-0.3, -0.25) is 9.80 Å². The molecule has 0 amide bonds. The fourth-order valence-corrected chi connectivity index (χ4v) is 2.71. The molecule has 4 heteroatoms. The van der Waals surface area contributed by atoms with Gasteiger partial charge in [-0.2, -0.15) is 0 Å². The maximum atomic E-state index is 14.4. The first kappa shape index (κ1) is 10.7. The first-order valence-corrected chi connectivity index (χ1v) is 6.77. The highest BCUT2D eigenvalue weighted by Crippen LogP contribution is 2.21. The summed E-state index contributed by atoms with van der Waals surface area (Å²) in [5.74, 6) is 0. The lowest BCUT2D eigenvalue weighted by atomic mass is 10.00. The Morgan fingerprint density at radius 1 is 1.35 bits per heavy atom. The van der Waals surface area contributed by atoms with Crippen molar-refractivity contribution in [2.45, 2.75) is 44.9 Å². The highest BCUT2D eigenvalue weighted by atomic mass is 19.1. The van der Waals surface area contributed by atoms with Crippen molar-refractivity contribution in [2.75, 3.05) is 39.2 Å². The van der Waals surface area contributed by atoms with Gasteiger partial charge < -0.3 is 5.32 Å². The van der Waals surface area contributed by atoms with Gasteiger partial charge in [0.2, 0.25) is 0 Å². The van der Waals surface area contributed by atoms with Crippen molar-refractivity contribution in [3.05, 3.63) is 0 Å². The topological polar surface area (TPSA) is 18.5 Å². The molecule has 2 aliphatic heterocycles. The number of nitrogens with zero attached hydrogens (tertiary/aromatic N) is 2. The van der Waals surface area contributed by atoms with E-state index in [1.807, 2.05) is 0 Å². The van der Waals surface area contributed by atoms with Gasteiger partial charge in [0, 0.05) is 41.0 Å². The normalized spacial score (nSPS) is 38.6. The van der Waals surface area contributed by atoms with E-state index in [9.17, 15) is 4.39 Å². The Balaban J connectivity index is 2.04. The van der Waals surface area contributed by atoms with Gasteiger partial charge in [-0.05, 0) is 39.7 Å². The molecule has 0 radical (unpaired) electrons. The zero-order chi connectivity index (χ0) is 14.0. The summed E-state index contributed by atoms with van der Waals surface area (Å²) in [6.07, 6.45) is 0.201. The van der Waals surface area contributed by atoms with E-state index in [4.69, 9.17) is 2.74 Å². The Hall–Kier alpha value is -0.190. The van der Waals surface area contributed by atoms with E-state index in [0.29, 0.717) is 32.1 Å². The Labute approximate surface area is 107 Å². The van der Waals surface area contributed by atoms with Gasteiger partial charge in [0.15, 0.2) is 0 Å². The van der Waals surface area contributed by atoms with Crippen LogP contribution in [0, 0.1) is 0 Å². The zero-order valence-electron chi connectivity index (χ0n) is 13.0. The highest BCUT2D eigenvalue weighted by molar-refractivity contribution is 4.89. The molecule has 0 aromatic rings. The molecule has 0 saturated carbocycles. The van der Waals surface area contributed by atoms with E-state index >= 15 is 0 Å². The number of hydrogen-bond acceptors (Lipinski definition) is 3. The second kappa shape index (κ2) is 6.12. The predicted octanol–water partition coefficient (Wildman–Crippen LogP) is 1.10. The van der Waals surface area contributed by atoms with Crippen LogP contribution in [0.1, 0.15) is 29.4 Å². The quantitative estimate of drug-likeness (QED) is 0.786. The van der Waals surface area contributed by atoms with Crippen molar-refractivity contribution < 1.29 is 7.13 Å². The minimum absolute atomic E-state index is 0.273. The molecule has 0 aromatic carbocycles. The average molecular weight is 245 g/mol. The third-order valence-electron chi connectivity index (χ3n) is 3.82. The van der Waals surface area contributed by atoms with Crippen LogP contribution < -0.4 is 5.32 Å². The molecule has 17 heavy (non-hydrogen) atoms. The maximum absolute atomic E-state index is 14.4. The standard InChI is InChI=1S/C13H26FN3/c1-11(2)17-8-4-13(12(14)10-17)16-7-3-5-15-6-9-16/h11-13,15H,3-10H2,1-2H3/i7D2. The molecule has 2 rings (SSSR count). The van der Waals surface area contributed by atoms with Crippen LogP contribution in [0.25, 0.3) is 0 Å². The fraction of sp³-hybridized carbons (Fsp3) is 1.00. The summed E-state index contributed by atoms with van der Waals surface area (Å²) in [7, 11) is 0. The van der Waals surface area contributed by atoms with Crippen LogP contribution in [0.4, 0.5) is 4.39 Å². The number of hydrogen-bond donors (Lipinski definition) is 1. The molecule has 2 atom stereocenters. The molecule has 100 valence electrons. The summed E-state index contributed by atoms with van der Waals surface area (Å²) in [6, 6.07) is 0.0895. The number of likely N-dealkylation sites (tertiary alicyclic amines) is 1. The Bertz CT molecular complexity index is 302. The SMILES string of the molecule is [2H]C1([2H])CCNCCN1C1CCN(C(C)C)CC1F. The second-order valence-corrected chi connectivity index (χ2v) is 5.31. The number of halogens is 1. The second-order valence-electron chi connectivity index (χ2n) is 5.31. The Morgan fingerprint density at radius 3 is 2.88 bits per heavy atom. The molecule has 2 fully saturated rings. The van der Waals surface area contributed by atoms with Gasteiger partial charge >= 0.3 is 0 Å². The van der Waals surface area contributed by atoms with Crippen LogP contribution in [-0.4, -0.2) is 67.3 Å². The fourth-order valence-electron chi connectivity index (χ4n) is 2.71. The summed E-state index contributed by atoms with van der Waals surface area (Å²) in [6.45, 7) is 6.09. The lowest BCUT2D eigenvalue weighted by molar-refractivity contribution is 0.0252. The molecule has 2 saturated heterocycles. The number of alkyl halides is 1. The third-order valence-corrected chi connectivity index (χ3v) is 3.82. The third kappa shape index (κ3) is 3.39. The van der Waals surface area contributed by atoms with Gasteiger partial charge in [0.1, 0.15) is 6.17 Å². The van der Waals surface area contributed by atoms with Gasteiger partial charge in [-0.15, -0.1) is 0 Å². The molecule has 0 spiro atoms. The molecule has 1 N–H and O–H groups in total. The molecule has 2 heterocycles. The monoisotopic (exact) mass is 245 g/mol. The summed E-state index contributed by atoms with van der Waals surface area (Å²) in [5.41, 5.74) is 0. The maximum Gasteiger partial charge on any atom is 0.128 e. The Kier molecular flexibility index (Phi) is 3.85. The van der Waals surface area contributed by atoms with Crippen molar-refractivity contribution in [3.63, 3.8) is 0 Å². The Morgan fingerprint density at radius 2 is 2.18 bits per heavy atom. The van der Waals surface area contributed by atoms with E-state index in [1.165, 1.54) is 0 Å². The smallest absolute Gasteiger partial charge is 0.128 e. The highest BCUT2D eigenvalue weighted by Gasteiger charge is 2.34. The molecule has 3 nitrogen and oxygen atoms in total. The molecule has 0 aliphatic carbocycles. The van der Waals surface area contributed by atoms with Gasteiger partial charge in [-0.25, -0.2) is 4.39 Å². The van der Waals surface area contributed by atoms with Gasteiger partial charge in [-0.1, -0.05) is 0 Å². The lowest BCUT2D eigenvalue weighted by Crippen LogP contribution is -2.54. The first-order chi connectivity index (χ1) is 8.92.